The van der Waals surface area contributed by atoms with Gasteiger partial charge in [-0.3, -0.25) is 4.79 Å². The van der Waals surface area contributed by atoms with Crippen molar-refractivity contribution in [3.05, 3.63) is 16.8 Å². The van der Waals surface area contributed by atoms with E-state index in [1.807, 2.05) is 0 Å². The molecule has 1 amide bonds. The van der Waals surface area contributed by atoms with Crippen LogP contribution in [0.5, 0.6) is 0 Å². The summed E-state index contributed by atoms with van der Waals surface area (Å²) in [4.78, 5) is 12.8. The molecule has 0 bridgehead atoms. The van der Waals surface area contributed by atoms with Crippen LogP contribution in [0, 0.1) is 0 Å². The Morgan fingerprint density at radius 2 is 2.23 bits per heavy atom. The molecule has 0 saturated heterocycles. The zero-order valence-electron chi connectivity index (χ0n) is 7.72. The monoisotopic (exact) mass is 202 g/mol. The lowest BCUT2D eigenvalue weighted by atomic mass is 10.4. The minimum atomic E-state index is -0.205. The highest BCUT2D eigenvalue weighted by molar-refractivity contribution is 6.33. The predicted octanol–water partition coefficient (Wildman–Crippen LogP) is 1.68. The lowest BCUT2D eigenvalue weighted by molar-refractivity contribution is 0.0798. The molecule has 0 radical (unpaired) electrons. The summed E-state index contributed by atoms with van der Waals surface area (Å²) < 4.78 is 5.15. The van der Waals surface area contributed by atoms with Gasteiger partial charge in [-0.2, -0.15) is 0 Å². The Morgan fingerprint density at radius 1 is 1.62 bits per heavy atom. The Balaban J connectivity index is 2.97. The van der Waals surface area contributed by atoms with Crippen LogP contribution in [0.25, 0.3) is 0 Å². The van der Waals surface area contributed by atoms with Crippen LogP contribution in [-0.4, -0.2) is 32.0 Å². The van der Waals surface area contributed by atoms with Crippen LogP contribution in [0.2, 0.25) is 5.02 Å². The summed E-state index contributed by atoms with van der Waals surface area (Å²) in [5.41, 5.74) is 0. The highest BCUT2D eigenvalue weighted by atomic mass is 35.5. The molecule has 1 rings (SSSR count). The third-order valence-corrected chi connectivity index (χ3v) is 1.81. The number of hydrogen-bond donors (Lipinski definition) is 1. The molecule has 13 heavy (non-hydrogen) atoms. The molecule has 0 saturated carbocycles. The maximum absolute atomic E-state index is 11.4. The van der Waals surface area contributed by atoms with Crippen molar-refractivity contribution in [2.45, 2.75) is 0 Å². The van der Waals surface area contributed by atoms with E-state index in [0.29, 0.717) is 10.9 Å². The fourth-order valence-corrected chi connectivity index (χ4v) is 1.10. The van der Waals surface area contributed by atoms with Crippen molar-refractivity contribution < 1.29 is 9.21 Å². The summed E-state index contributed by atoms with van der Waals surface area (Å²) in [7, 11) is 4.98. The molecule has 1 N–H and O–H groups in total. The van der Waals surface area contributed by atoms with E-state index in [-0.39, 0.29) is 11.7 Å². The van der Waals surface area contributed by atoms with Crippen LogP contribution < -0.4 is 5.32 Å². The average molecular weight is 203 g/mol. The van der Waals surface area contributed by atoms with Gasteiger partial charge in [-0.1, -0.05) is 11.6 Å². The van der Waals surface area contributed by atoms with Crippen molar-refractivity contribution in [1.82, 2.24) is 4.90 Å². The van der Waals surface area contributed by atoms with Crippen molar-refractivity contribution in [3.63, 3.8) is 0 Å². The number of rotatable bonds is 2. The van der Waals surface area contributed by atoms with Gasteiger partial charge in [0.25, 0.3) is 5.91 Å². The predicted molar refractivity (Wildman–Crippen MR) is 51.3 cm³/mol. The number of amides is 1. The molecule has 0 aliphatic heterocycles. The Kier molecular flexibility index (Phi) is 2.83. The summed E-state index contributed by atoms with van der Waals surface area (Å²) >= 11 is 5.77. The summed E-state index contributed by atoms with van der Waals surface area (Å²) in [6.45, 7) is 0. The number of furan rings is 1. The van der Waals surface area contributed by atoms with Gasteiger partial charge in [0.15, 0.2) is 5.76 Å². The number of nitrogens with one attached hydrogen (secondary N) is 1. The first-order valence-corrected chi connectivity index (χ1v) is 4.12. The molecule has 1 heterocycles. The zero-order valence-corrected chi connectivity index (χ0v) is 8.47. The van der Waals surface area contributed by atoms with E-state index in [4.69, 9.17) is 16.0 Å². The van der Waals surface area contributed by atoms with E-state index in [9.17, 15) is 4.79 Å². The Labute approximate surface area is 81.5 Å². The van der Waals surface area contributed by atoms with Crippen LogP contribution in [-0.2, 0) is 0 Å². The molecular formula is C8H11ClN2O2. The van der Waals surface area contributed by atoms with Gasteiger partial charge in [-0.05, 0) is 0 Å². The van der Waals surface area contributed by atoms with E-state index in [2.05, 4.69) is 5.32 Å². The molecule has 0 aliphatic rings. The van der Waals surface area contributed by atoms with Crippen LogP contribution in [0.3, 0.4) is 0 Å². The molecule has 5 heteroatoms. The molecule has 1 aromatic rings. The van der Waals surface area contributed by atoms with Crippen molar-refractivity contribution in [3.8, 4) is 0 Å². The molecule has 0 aliphatic carbocycles. The first-order valence-electron chi connectivity index (χ1n) is 3.75. The van der Waals surface area contributed by atoms with Crippen LogP contribution >= 0.6 is 11.6 Å². The normalized spacial score (nSPS) is 9.85. The third-order valence-electron chi connectivity index (χ3n) is 1.53. The second-order valence-corrected chi connectivity index (χ2v) is 3.14. The highest BCUT2D eigenvalue weighted by Gasteiger charge is 2.15. The third kappa shape index (κ3) is 1.95. The molecule has 4 nitrogen and oxygen atoms in total. The maximum atomic E-state index is 11.4. The van der Waals surface area contributed by atoms with Gasteiger partial charge >= 0.3 is 0 Å². The first-order chi connectivity index (χ1) is 6.06. The van der Waals surface area contributed by atoms with Gasteiger partial charge in [0.05, 0.1) is 0 Å². The summed E-state index contributed by atoms with van der Waals surface area (Å²) in [6.07, 6.45) is 0. The second-order valence-electron chi connectivity index (χ2n) is 2.74. The number of carbonyl (C=O) groups is 1. The van der Waals surface area contributed by atoms with E-state index < -0.39 is 0 Å². The van der Waals surface area contributed by atoms with E-state index in [1.165, 1.54) is 11.0 Å². The van der Waals surface area contributed by atoms with Gasteiger partial charge in [0.1, 0.15) is 5.02 Å². The summed E-state index contributed by atoms with van der Waals surface area (Å²) in [5, 5.41) is 3.15. The van der Waals surface area contributed by atoms with Gasteiger partial charge in [-0.25, -0.2) is 0 Å². The molecule has 0 fully saturated rings. The number of carbonyl (C=O) groups excluding carboxylic acids is 1. The van der Waals surface area contributed by atoms with Crippen LogP contribution in [0.4, 0.5) is 5.88 Å². The Morgan fingerprint density at radius 3 is 2.62 bits per heavy atom. The van der Waals surface area contributed by atoms with Crippen molar-refractivity contribution in [2.75, 3.05) is 26.5 Å². The number of nitrogens with zero attached hydrogens (tertiary/aromatic N) is 1. The Hall–Kier alpha value is -1.16. The number of halogens is 1. The second kappa shape index (κ2) is 3.70. The summed E-state index contributed by atoms with van der Waals surface area (Å²) in [5.74, 6) is 0.439. The molecule has 1 aromatic heterocycles. The minimum Gasteiger partial charge on any atom is -0.434 e. The smallest absolute Gasteiger partial charge is 0.289 e. The number of anilines is 1. The topological polar surface area (TPSA) is 45.5 Å². The van der Waals surface area contributed by atoms with E-state index in [1.54, 1.807) is 21.1 Å². The largest absolute Gasteiger partial charge is 0.434 e. The van der Waals surface area contributed by atoms with Gasteiger partial charge in [0.2, 0.25) is 5.88 Å². The molecule has 72 valence electrons. The fraction of sp³-hybridized carbons (Fsp3) is 0.375. The standard InChI is InChI=1S/C8H11ClN2O2/c1-10-7-5(9)4-6(13-7)8(12)11(2)3/h4,10H,1-3H3. The van der Waals surface area contributed by atoms with E-state index in [0.717, 1.165) is 0 Å². The van der Waals surface area contributed by atoms with Crippen LogP contribution in [0.1, 0.15) is 10.6 Å². The van der Waals surface area contributed by atoms with Crippen molar-refractivity contribution >= 4 is 23.4 Å². The number of hydrogen-bond acceptors (Lipinski definition) is 3. The van der Waals surface area contributed by atoms with E-state index >= 15 is 0 Å². The highest BCUT2D eigenvalue weighted by Crippen LogP contribution is 2.25. The maximum Gasteiger partial charge on any atom is 0.289 e. The molecule has 0 unspecified atom stereocenters. The van der Waals surface area contributed by atoms with Crippen molar-refractivity contribution in [1.29, 1.82) is 0 Å². The van der Waals surface area contributed by atoms with Gasteiger partial charge in [-0.15, -0.1) is 0 Å². The lowest BCUT2D eigenvalue weighted by Gasteiger charge is -2.06. The molecule has 0 atom stereocenters. The first kappa shape index (κ1) is 9.92. The fourth-order valence-electron chi connectivity index (χ4n) is 0.865. The van der Waals surface area contributed by atoms with Gasteiger partial charge < -0.3 is 14.6 Å². The van der Waals surface area contributed by atoms with Crippen LogP contribution in [0.15, 0.2) is 10.5 Å². The van der Waals surface area contributed by atoms with Gasteiger partial charge in [0, 0.05) is 27.2 Å². The SMILES string of the molecule is CNc1oc(C(=O)N(C)C)cc1Cl. The molecular weight excluding hydrogens is 192 g/mol. The molecule has 0 aromatic carbocycles. The Bertz CT molecular complexity index is 320. The molecule has 0 spiro atoms. The minimum absolute atomic E-state index is 0.205. The summed E-state index contributed by atoms with van der Waals surface area (Å²) in [6, 6.07) is 1.50. The lowest BCUT2D eigenvalue weighted by Crippen LogP contribution is -2.20. The zero-order chi connectivity index (χ0) is 10.0. The average Bonchev–Trinajstić information content (AvgIpc) is 2.45. The quantitative estimate of drug-likeness (QED) is 0.794. The van der Waals surface area contributed by atoms with Crippen molar-refractivity contribution in [2.24, 2.45) is 0 Å².